The molecule has 0 spiro atoms. The Bertz CT molecular complexity index is 1230. The lowest BCUT2D eigenvalue weighted by Crippen LogP contribution is -2.00. The Kier molecular flexibility index (Phi) is 3.86. The summed E-state index contributed by atoms with van der Waals surface area (Å²) in [7, 11) is 0. The number of hydrogen-bond acceptors (Lipinski definition) is 4. The maximum absolute atomic E-state index is 12.8. The van der Waals surface area contributed by atoms with Gasteiger partial charge in [-0.25, -0.2) is 0 Å². The highest BCUT2D eigenvalue weighted by molar-refractivity contribution is 7.19. The van der Waals surface area contributed by atoms with Crippen LogP contribution >= 0.6 is 22.9 Å². The molecule has 1 aliphatic rings. The highest BCUT2D eigenvalue weighted by Crippen LogP contribution is 2.38. The number of hydrogen-bond donors (Lipinski definition) is 0. The molecule has 0 radical (unpaired) electrons. The topological polar surface area (TPSA) is 47.3 Å². The van der Waals surface area contributed by atoms with Crippen LogP contribution in [0, 0.1) is 6.92 Å². The zero-order valence-corrected chi connectivity index (χ0v) is 16.4. The van der Waals surface area contributed by atoms with Crippen LogP contribution in [0.3, 0.4) is 0 Å². The molecule has 3 nitrogen and oxygen atoms in total. The number of carbonyl (C=O) groups excluding carboxylic acids is 2. The Hall–Kier alpha value is -2.95. The van der Waals surface area contributed by atoms with Crippen LogP contribution < -0.4 is 0 Å². The molecule has 2 heterocycles. The number of Topliss-reactive ketones (excluding diaryl/α,β-unsaturated/α-hetero) is 2. The summed E-state index contributed by atoms with van der Waals surface area (Å²) in [5.41, 5.74) is 3.37. The summed E-state index contributed by atoms with van der Waals surface area (Å²) >= 11 is 7.66. The molecule has 2 aromatic heterocycles. The SMILES string of the molecule is Cc1ccc(Cl)c2c1C(=O)/C(=C\c1cc3oc(-c4ccccc4)cc3s1)C2=O. The second-order valence-electron chi connectivity index (χ2n) is 6.68. The van der Waals surface area contributed by atoms with E-state index in [0.29, 0.717) is 16.1 Å². The molecule has 0 atom stereocenters. The molecule has 0 bridgehead atoms. The average molecular weight is 405 g/mol. The average Bonchev–Trinajstić information content (AvgIpc) is 3.32. The van der Waals surface area contributed by atoms with Crippen LogP contribution in [0.15, 0.2) is 64.6 Å². The van der Waals surface area contributed by atoms with Crippen LogP contribution in [-0.2, 0) is 0 Å². The van der Waals surface area contributed by atoms with Gasteiger partial charge in [-0.2, -0.15) is 0 Å². The van der Waals surface area contributed by atoms with Crippen molar-refractivity contribution in [1.82, 2.24) is 0 Å². The molecular weight excluding hydrogens is 392 g/mol. The van der Waals surface area contributed by atoms with Gasteiger partial charge < -0.3 is 4.42 Å². The summed E-state index contributed by atoms with van der Waals surface area (Å²) < 4.78 is 6.91. The van der Waals surface area contributed by atoms with Gasteiger partial charge in [0, 0.05) is 22.1 Å². The van der Waals surface area contributed by atoms with Crippen molar-refractivity contribution in [3.8, 4) is 11.3 Å². The normalized spacial score (nSPS) is 15.0. The highest BCUT2D eigenvalue weighted by atomic mass is 35.5. The maximum atomic E-state index is 12.8. The summed E-state index contributed by atoms with van der Waals surface area (Å²) in [5, 5.41) is 0.315. The molecule has 0 saturated carbocycles. The maximum Gasteiger partial charge on any atom is 0.199 e. The van der Waals surface area contributed by atoms with Crippen LogP contribution in [0.2, 0.25) is 5.02 Å². The molecule has 5 heteroatoms. The molecule has 5 rings (SSSR count). The fourth-order valence-electron chi connectivity index (χ4n) is 3.51. The molecular formula is C23H13ClO3S. The van der Waals surface area contributed by atoms with E-state index in [9.17, 15) is 9.59 Å². The molecule has 0 amide bonds. The Balaban J connectivity index is 1.55. The standard InChI is InChI=1S/C23H13ClO3S/c1-12-7-8-16(24)21-20(12)22(25)15(23(21)26)9-14-10-18-19(28-14)11-17(27-18)13-5-3-2-4-6-13/h2-11H,1H3/b15-9+. The van der Waals surface area contributed by atoms with E-state index in [4.69, 9.17) is 16.0 Å². The van der Waals surface area contributed by atoms with Gasteiger partial charge in [0.15, 0.2) is 11.6 Å². The number of thiophene rings is 1. The van der Waals surface area contributed by atoms with Gasteiger partial charge in [0.2, 0.25) is 0 Å². The monoisotopic (exact) mass is 404 g/mol. The van der Waals surface area contributed by atoms with E-state index < -0.39 is 0 Å². The van der Waals surface area contributed by atoms with Crippen molar-refractivity contribution in [2.75, 3.05) is 0 Å². The first-order valence-corrected chi connectivity index (χ1v) is 9.91. The fraction of sp³-hybridized carbons (Fsp3) is 0.0435. The molecule has 0 aliphatic heterocycles. The van der Waals surface area contributed by atoms with E-state index in [1.54, 1.807) is 18.2 Å². The number of furan rings is 1. The smallest absolute Gasteiger partial charge is 0.199 e. The molecule has 0 fully saturated rings. The second kappa shape index (κ2) is 6.30. The van der Waals surface area contributed by atoms with Crippen LogP contribution in [0.25, 0.3) is 27.7 Å². The van der Waals surface area contributed by atoms with E-state index in [0.717, 1.165) is 32.0 Å². The first kappa shape index (κ1) is 17.2. The second-order valence-corrected chi connectivity index (χ2v) is 8.21. The first-order chi connectivity index (χ1) is 13.5. The van der Waals surface area contributed by atoms with Crippen molar-refractivity contribution >= 4 is 50.9 Å². The van der Waals surface area contributed by atoms with Crippen molar-refractivity contribution in [2.45, 2.75) is 6.92 Å². The number of allylic oxidation sites excluding steroid dienone is 1. The number of ketones is 2. The zero-order chi connectivity index (χ0) is 19.4. The number of carbonyl (C=O) groups is 2. The lowest BCUT2D eigenvalue weighted by Gasteiger charge is -2.01. The summed E-state index contributed by atoms with van der Waals surface area (Å²) in [4.78, 5) is 26.4. The predicted molar refractivity (Wildman–Crippen MR) is 112 cm³/mol. The molecule has 2 aromatic carbocycles. The minimum atomic E-state index is -0.316. The largest absolute Gasteiger partial charge is 0.455 e. The number of fused-ring (bicyclic) bond motifs is 2. The van der Waals surface area contributed by atoms with Gasteiger partial charge in [-0.1, -0.05) is 48.0 Å². The van der Waals surface area contributed by atoms with Gasteiger partial charge in [-0.05, 0) is 30.7 Å². The quantitative estimate of drug-likeness (QED) is 0.280. The first-order valence-electron chi connectivity index (χ1n) is 8.72. The molecule has 1 aliphatic carbocycles. The van der Waals surface area contributed by atoms with E-state index in [1.807, 2.05) is 49.4 Å². The van der Waals surface area contributed by atoms with Gasteiger partial charge in [-0.15, -0.1) is 11.3 Å². The molecule has 4 aromatic rings. The summed E-state index contributed by atoms with van der Waals surface area (Å²) in [6.07, 6.45) is 1.64. The number of aryl methyl sites for hydroxylation is 1. The molecule has 0 unspecified atom stereocenters. The minimum absolute atomic E-state index is 0.151. The van der Waals surface area contributed by atoms with Crippen LogP contribution in [0.1, 0.15) is 31.2 Å². The predicted octanol–water partition coefficient (Wildman–Crippen LogP) is 6.59. The van der Waals surface area contributed by atoms with Crippen molar-refractivity contribution in [2.24, 2.45) is 0 Å². The third-order valence-corrected chi connectivity index (χ3v) is 6.20. The van der Waals surface area contributed by atoms with Crippen LogP contribution in [-0.4, -0.2) is 11.6 Å². The third kappa shape index (κ3) is 2.57. The van der Waals surface area contributed by atoms with E-state index in [-0.39, 0.29) is 17.1 Å². The Labute approximate surface area is 169 Å². The third-order valence-electron chi connectivity index (χ3n) is 4.88. The summed E-state index contributed by atoms with van der Waals surface area (Å²) in [5.74, 6) is 0.211. The van der Waals surface area contributed by atoms with Crippen molar-refractivity contribution < 1.29 is 14.0 Å². The molecule has 0 N–H and O–H groups in total. The van der Waals surface area contributed by atoms with E-state index >= 15 is 0 Å². The Morgan fingerprint density at radius 1 is 0.964 bits per heavy atom. The van der Waals surface area contributed by atoms with Crippen molar-refractivity contribution in [3.63, 3.8) is 0 Å². The zero-order valence-electron chi connectivity index (χ0n) is 14.8. The van der Waals surface area contributed by atoms with Gasteiger partial charge in [-0.3, -0.25) is 9.59 Å². The lowest BCUT2D eigenvalue weighted by molar-refractivity contribution is 0.0990. The molecule has 0 saturated heterocycles. The Morgan fingerprint density at radius 2 is 1.71 bits per heavy atom. The summed E-state index contributed by atoms with van der Waals surface area (Å²) in [6, 6.07) is 17.1. The van der Waals surface area contributed by atoms with Gasteiger partial charge in [0.1, 0.15) is 11.3 Å². The fourth-order valence-corrected chi connectivity index (χ4v) is 4.72. The lowest BCUT2D eigenvalue weighted by atomic mass is 10.0. The van der Waals surface area contributed by atoms with Crippen LogP contribution in [0.4, 0.5) is 0 Å². The highest BCUT2D eigenvalue weighted by Gasteiger charge is 2.36. The van der Waals surface area contributed by atoms with Gasteiger partial charge in [0.05, 0.1) is 20.9 Å². The van der Waals surface area contributed by atoms with Crippen molar-refractivity contribution in [1.29, 1.82) is 0 Å². The minimum Gasteiger partial charge on any atom is -0.455 e. The van der Waals surface area contributed by atoms with Crippen LogP contribution in [0.5, 0.6) is 0 Å². The number of halogens is 1. The van der Waals surface area contributed by atoms with Gasteiger partial charge >= 0.3 is 0 Å². The summed E-state index contributed by atoms with van der Waals surface area (Å²) in [6.45, 7) is 1.81. The molecule has 28 heavy (non-hydrogen) atoms. The number of benzene rings is 2. The van der Waals surface area contributed by atoms with E-state index in [1.165, 1.54) is 11.3 Å². The van der Waals surface area contributed by atoms with E-state index in [2.05, 4.69) is 0 Å². The van der Waals surface area contributed by atoms with Gasteiger partial charge in [0.25, 0.3) is 0 Å². The number of rotatable bonds is 2. The molecule has 136 valence electrons. The van der Waals surface area contributed by atoms with Crippen molar-refractivity contribution in [3.05, 3.63) is 86.8 Å². The Morgan fingerprint density at radius 3 is 2.43 bits per heavy atom.